The minimum Gasteiger partial charge on any atom is -0.495 e. The Labute approximate surface area is 123 Å². The smallest absolute Gasteiger partial charge is 0.258 e. The van der Waals surface area contributed by atoms with Gasteiger partial charge in [0, 0.05) is 0 Å². The average molecular weight is 283 g/mol. The third-order valence-corrected chi connectivity index (χ3v) is 3.60. The molecule has 0 fully saturated rings. The van der Waals surface area contributed by atoms with Gasteiger partial charge in [0.1, 0.15) is 5.75 Å². The number of ether oxygens (including phenoxy) is 2. The first-order valence-electron chi connectivity index (χ1n) is 6.93. The van der Waals surface area contributed by atoms with Gasteiger partial charge in [-0.2, -0.15) is 0 Å². The van der Waals surface area contributed by atoms with E-state index in [1.807, 2.05) is 48.5 Å². The Morgan fingerprint density at radius 2 is 1.95 bits per heavy atom. The van der Waals surface area contributed by atoms with Crippen molar-refractivity contribution in [1.82, 2.24) is 0 Å². The third-order valence-electron chi connectivity index (χ3n) is 3.60. The second-order valence-corrected chi connectivity index (χ2v) is 4.89. The van der Waals surface area contributed by atoms with Crippen molar-refractivity contribution in [2.75, 3.05) is 19.0 Å². The molecule has 0 bridgehead atoms. The van der Waals surface area contributed by atoms with Gasteiger partial charge in [-0.1, -0.05) is 36.4 Å². The first-order valence-corrected chi connectivity index (χ1v) is 6.93. The third kappa shape index (κ3) is 2.76. The highest BCUT2D eigenvalue weighted by atomic mass is 16.5. The van der Waals surface area contributed by atoms with Crippen LogP contribution in [-0.4, -0.2) is 19.6 Å². The summed E-state index contributed by atoms with van der Waals surface area (Å²) in [4.78, 5) is 12.5. The number of hydrogen-bond donors (Lipinski definition) is 1. The maximum Gasteiger partial charge on any atom is 0.258 e. The summed E-state index contributed by atoms with van der Waals surface area (Å²) in [6.45, 7) is 0.557. The Balaban J connectivity index is 1.84. The lowest BCUT2D eigenvalue weighted by molar-refractivity contribution is -0.128. The number of amides is 1. The predicted molar refractivity (Wildman–Crippen MR) is 80.5 cm³/mol. The van der Waals surface area contributed by atoms with E-state index in [2.05, 4.69) is 5.32 Å². The molecule has 1 atom stereocenters. The van der Waals surface area contributed by atoms with Crippen LogP contribution in [-0.2, 0) is 16.0 Å². The van der Waals surface area contributed by atoms with E-state index in [-0.39, 0.29) is 5.91 Å². The number of fused-ring (bicyclic) bond motifs is 1. The van der Waals surface area contributed by atoms with E-state index in [0.29, 0.717) is 18.0 Å². The molecule has 108 valence electrons. The summed E-state index contributed by atoms with van der Waals surface area (Å²) in [6, 6.07) is 15.2. The standard InChI is InChI=1S/C17H17NO3/c1-20-15-9-5-4-8-14(15)18-17(19)16-13-7-3-2-6-12(13)10-11-21-16/h2-9,16H,10-11H2,1H3,(H,18,19)/t16-/m0/s1. The molecule has 1 aliphatic rings. The van der Waals surface area contributed by atoms with Gasteiger partial charge < -0.3 is 14.8 Å². The SMILES string of the molecule is COc1ccccc1NC(=O)[C@H]1OCCc2ccccc21. The molecule has 4 nitrogen and oxygen atoms in total. The summed E-state index contributed by atoms with van der Waals surface area (Å²) in [5.74, 6) is 0.460. The van der Waals surface area contributed by atoms with Crippen molar-refractivity contribution in [1.29, 1.82) is 0 Å². The molecule has 1 N–H and O–H groups in total. The van der Waals surface area contributed by atoms with E-state index >= 15 is 0 Å². The second kappa shape index (κ2) is 5.97. The molecule has 2 aromatic rings. The lowest BCUT2D eigenvalue weighted by Crippen LogP contribution is -2.28. The zero-order valence-electron chi connectivity index (χ0n) is 11.8. The number of anilines is 1. The topological polar surface area (TPSA) is 47.6 Å². The van der Waals surface area contributed by atoms with E-state index in [1.54, 1.807) is 7.11 Å². The van der Waals surface area contributed by atoms with Crippen LogP contribution < -0.4 is 10.1 Å². The molecular weight excluding hydrogens is 266 g/mol. The van der Waals surface area contributed by atoms with E-state index < -0.39 is 6.10 Å². The van der Waals surface area contributed by atoms with E-state index in [0.717, 1.165) is 12.0 Å². The van der Waals surface area contributed by atoms with Crippen molar-refractivity contribution < 1.29 is 14.3 Å². The van der Waals surface area contributed by atoms with Crippen molar-refractivity contribution in [2.45, 2.75) is 12.5 Å². The fourth-order valence-corrected chi connectivity index (χ4v) is 2.56. The Bertz CT molecular complexity index is 654. The molecule has 1 amide bonds. The first kappa shape index (κ1) is 13.6. The van der Waals surface area contributed by atoms with E-state index in [4.69, 9.17) is 9.47 Å². The molecule has 2 aromatic carbocycles. The highest BCUT2D eigenvalue weighted by Gasteiger charge is 2.27. The molecule has 0 aromatic heterocycles. The summed E-state index contributed by atoms with van der Waals surface area (Å²) < 4.78 is 10.9. The van der Waals surface area contributed by atoms with Crippen molar-refractivity contribution in [3.63, 3.8) is 0 Å². The number of hydrogen-bond acceptors (Lipinski definition) is 3. The maximum atomic E-state index is 12.5. The minimum absolute atomic E-state index is 0.174. The molecule has 0 radical (unpaired) electrons. The van der Waals surface area contributed by atoms with Gasteiger partial charge >= 0.3 is 0 Å². The molecule has 4 heteroatoms. The predicted octanol–water partition coefficient (Wildman–Crippen LogP) is 2.95. The number of methoxy groups -OCH3 is 1. The van der Waals surface area contributed by atoms with Crippen LogP contribution in [0.15, 0.2) is 48.5 Å². The lowest BCUT2D eigenvalue weighted by atomic mass is 9.97. The van der Waals surface area contributed by atoms with Gasteiger partial charge in [-0.15, -0.1) is 0 Å². The quantitative estimate of drug-likeness (QED) is 0.942. The van der Waals surface area contributed by atoms with Gasteiger partial charge in [-0.25, -0.2) is 0 Å². The summed E-state index contributed by atoms with van der Waals surface area (Å²) in [5, 5.41) is 2.88. The summed E-state index contributed by atoms with van der Waals surface area (Å²) in [7, 11) is 1.58. The van der Waals surface area contributed by atoms with Crippen LogP contribution in [0.4, 0.5) is 5.69 Å². The van der Waals surface area contributed by atoms with Crippen LogP contribution >= 0.6 is 0 Å². The van der Waals surface area contributed by atoms with Crippen molar-refractivity contribution in [3.05, 3.63) is 59.7 Å². The fourth-order valence-electron chi connectivity index (χ4n) is 2.56. The molecule has 3 rings (SSSR count). The Hall–Kier alpha value is -2.33. The molecule has 1 aliphatic heterocycles. The molecule has 0 saturated heterocycles. The van der Waals surface area contributed by atoms with Gasteiger partial charge in [0.15, 0.2) is 6.10 Å². The zero-order chi connectivity index (χ0) is 14.7. The Kier molecular flexibility index (Phi) is 3.88. The highest BCUT2D eigenvalue weighted by molar-refractivity contribution is 5.96. The van der Waals surface area contributed by atoms with Crippen molar-refractivity contribution in [2.24, 2.45) is 0 Å². The molecular formula is C17H17NO3. The van der Waals surface area contributed by atoms with Gasteiger partial charge in [0.2, 0.25) is 0 Å². The number of carbonyl (C=O) groups is 1. The number of benzene rings is 2. The molecule has 0 aliphatic carbocycles. The van der Waals surface area contributed by atoms with E-state index in [1.165, 1.54) is 5.56 Å². The fraction of sp³-hybridized carbons (Fsp3) is 0.235. The lowest BCUT2D eigenvalue weighted by Gasteiger charge is -2.25. The molecule has 1 heterocycles. The minimum atomic E-state index is -0.570. The van der Waals surface area contributed by atoms with Gasteiger partial charge in [0.05, 0.1) is 19.4 Å². The molecule has 0 unspecified atom stereocenters. The highest BCUT2D eigenvalue weighted by Crippen LogP contribution is 2.30. The van der Waals surface area contributed by atoms with Crippen LogP contribution in [0.2, 0.25) is 0 Å². The average Bonchev–Trinajstić information content (AvgIpc) is 2.54. The second-order valence-electron chi connectivity index (χ2n) is 4.89. The maximum absolute atomic E-state index is 12.5. The van der Waals surface area contributed by atoms with Crippen LogP contribution in [0.25, 0.3) is 0 Å². The van der Waals surface area contributed by atoms with Crippen LogP contribution in [0.5, 0.6) is 5.75 Å². The number of para-hydroxylation sites is 2. The summed E-state index contributed by atoms with van der Waals surface area (Å²) >= 11 is 0. The van der Waals surface area contributed by atoms with Crippen molar-refractivity contribution >= 4 is 11.6 Å². The van der Waals surface area contributed by atoms with Crippen LogP contribution in [0.1, 0.15) is 17.2 Å². The number of carbonyl (C=O) groups excluding carboxylic acids is 1. The van der Waals surface area contributed by atoms with Crippen molar-refractivity contribution in [3.8, 4) is 5.75 Å². The van der Waals surface area contributed by atoms with Gasteiger partial charge in [-0.05, 0) is 29.7 Å². The monoisotopic (exact) mass is 283 g/mol. The zero-order valence-corrected chi connectivity index (χ0v) is 11.8. The first-order chi connectivity index (χ1) is 10.3. The Morgan fingerprint density at radius 3 is 2.81 bits per heavy atom. The molecule has 21 heavy (non-hydrogen) atoms. The van der Waals surface area contributed by atoms with Crippen LogP contribution in [0.3, 0.4) is 0 Å². The summed E-state index contributed by atoms with van der Waals surface area (Å²) in [5.41, 5.74) is 2.76. The normalized spacial score (nSPS) is 16.9. The largest absolute Gasteiger partial charge is 0.495 e. The Morgan fingerprint density at radius 1 is 1.19 bits per heavy atom. The van der Waals surface area contributed by atoms with E-state index in [9.17, 15) is 4.79 Å². The number of nitrogens with one attached hydrogen (secondary N) is 1. The van der Waals surface area contributed by atoms with Crippen LogP contribution in [0, 0.1) is 0 Å². The van der Waals surface area contributed by atoms with Gasteiger partial charge in [0.25, 0.3) is 5.91 Å². The molecule has 0 spiro atoms. The van der Waals surface area contributed by atoms with Gasteiger partial charge in [-0.3, -0.25) is 4.79 Å². The number of rotatable bonds is 3. The summed E-state index contributed by atoms with van der Waals surface area (Å²) in [6.07, 6.45) is 0.272. The molecule has 0 saturated carbocycles.